The highest BCUT2D eigenvalue weighted by Crippen LogP contribution is 2.24. The van der Waals surface area contributed by atoms with E-state index in [1.807, 2.05) is 0 Å². The summed E-state index contributed by atoms with van der Waals surface area (Å²) in [5.41, 5.74) is 0. The van der Waals surface area contributed by atoms with Gasteiger partial charge < -0.3 is 0 Å². The highest BCUT2D eigenvalue weighted by molar-refractivity contribution is 9.09. The van der Waals surface area contributed by atoms with Crippen molar-refractivity contribution < 1.29 is 8.42 Å². The molecule has 1 rings (SSSR count). The second kappa shape index (κ2) is 8.47. The number of halogens is 3. The fraction of sp³-hybridized carbons (Fsp3) is 0.500. The predicted octanol–water partition coefficient (Wildman–Crippen LogP) is 4.23. The molecule has 1 aromatic carbocycles. The van der Waals surface area contributed by atoms with Crippen LogP contribution in [0.5, 0.6) is 0 Å². The van der Waals surface area contributed by atoms with Crippen LogP contribution in [0.1, 0.15) is 25.7 Å². The Morgan fingerprint density at radius 3 is 2.47 bits per heavy atom. The lowest BCUT2D eigenvalue weighted by atomic mass is 10.2. The van der Waals surface area contributed by atoms with Crippen molar-refractivity contribution in [1.82, 2.24) is 4.72 Å². The summed E-state index contributed by atoms with van der Waals surface area (Å²) in [7, 11) is -3.58. The van der Waals surface area contributed by atoms with Crippen LogP contribution in [0, 0.1) is 0 Å². The van der Waals surface area contributed by atoms with Crippen molar-refractivity contribution >= 4 is 49.2 Å². The van der Waals surface area contributed by atoms with E-state index >= 15 is 0 Å². The topological polar surface area (TPSA) is 46.2 Å². The van der Waals surface area contributed by atoms with E-state index in [4.69, 9.17) is 23.2 Å². The molecule has 0 aliphatic carbocycles. The zero-order valence-electron chi connectivity index (χ0n) is 10.3. The lowest BCUT2D eigenvalue weighted by Gasteiger charge is -2.08. The summed E-state index contributed by atoms with van der Waals surface area (Å²) in [4.78, 5) is 0.0297. The smallest absolute Gasteiger partial charge is 0.211 e. The van der Waals surface area contributed by atoms with E-state index in [0.29, 0.717) is 11.6 Å². The maximum Gasteiger partial charge on any atom is 0.242 e. The number of rotatable bonds is 8. The van der Waals surface area contributed by atoms with Crippen molar-refractivity contribution in [3.05, 3.63) is 28.2 Å². The molecule has 0 radical (unpaired) electrons. The summed E-state index contributed by atoms with van der Waals surface area (Å²) in [6.07, 6.45) is 4.00. The molecule has 0 atom stereocenters. The molecule has 0 aromatic heterocycles. The third kappa shape index (κ3) is 6.00. The standard InChI is InChI=1S/C12H16BrCl2NO2S/c13-7-3-1-2-4-8-16-19(17,18)12-9-10(14)5-6-11(12)15/h5-6,9,16H,1-4,7-8H2. The molecule has 0 saturated heterocycles. The van der Waals surface area contributed by atoms with Crippen LogP contribution in [0.2, 0.25) is 10.0 Å². The van der Waals surface area contributed by atoms with Crippen molar-refractivity contribution in [3.63, 3.8) is 0 Å². The lowest BCUT2D eigenvalue weighted by Crippen LogP contribution is -2.25. The summed E-state index contributed by atoms with van der Waals surface area (Å²) in [5.74, 6) is 0. The fourth-order valence-electron chi connectivity index (χ4n) is 1.54. The summed E-state index contributed by atoms with van der Waals surface area (Å²) >= 11 is 15.0. The quantitative estimate of drug-likeness (QED) is 0.535. The van der Waals surface area contributed by atoms with E-state index in [-0.39, 0.29) is 9.92 Å². The van der Waals surface area contributed by atoms with E-state index in [0.717, 1.165) is 31.0 Å². The highest BCUT2D eigenvalue weighted by Gasteiger charge is 2.17. The van der Waals surface area contributed by atoms with Gasteiger partial charge in [0.15, 0.2) is 0 Å². The maximum atomic E-state index is 12.0. The van der Waals surface area contributed by atoms with E-state index in [1.54, 1.807) is 6.07 Å². The van der Waals surface area contributed by atoms with Gasteiger partial charge in [-0.2, -0.15) is 0 Å². The van der Waals surface area contributed by atoms with Crippen molar-refractivity contribution in [2.45, 2.75) is 30.6 Å². The molecule has 0 unspecified atom stereocenters. The Balaban J connectivity index is 2.54. The molecular weight excluding hydrogens is 373 g/mol. The Hall–Kier alpha value is 0.190. The molecule has 19 heavy (non-hydrogen) atoms. The van der Waals surface area contributed by atoms with E-state index in [1.165, 1.54) is 12.1 Å². The van der Waals surface area contributed by atoms with E-state index in [2.05, 4.69) is 20.7 Å². The summed E-state index contributed by atoms with van der Waals surface area (Å²) in [6, 6.07) is 4.40. The second-order valence-corrected chi connectivity index (χ2v) is 7.45. The first kappa shape index (κ1) is 17.2. The third-order valence-electron chi connectivity index (χ3n) is 2.54. The Labute approximate surface area is 132 Å². The van der Waals surface area contributed by atoms with Gasteiger partial charge in [-0.05, 0) is 31.0 Å². The minimum absolute atomic E-state index is 0.0297. The summed E-state index contributed by atoms with van der Waals surface area (Å²) in [5, 5.41) is 1.51. The first-order chi connectivity index (χ1) is 8.97. The molecule has 0 heterocycles. The second-order valence-electron chi connectivity index (χ2n) is 4.08. The zero-order chi connectivity index (χ0) is 14.3. The van der Waals surface area contributed by atoms with Gasteiger partial charge in [0.1, 0.15) is 4.90 Å². The fourth-order valence-corrected chi connectivity index (χ4v) is 3.77. The number of alkyl halides is 1. The molecule has 0 fully saturated rings. The van der Waals surface area contributed by atoms with Crippen molar-refractivity contribution in [1.29, 1.82) is 0 Å². The molecule has 108 valence electrons. The minimum atomic E-state index is -3.58. The Bertz CT molecular complexity index is 508. The monoisotopic (exact) mass is 387 g/mol. The summed E-state index contributed by atoms with van der Waals surface area (Å²) < 4.78 is 26.6. The number of sulfonamides is 1. The zero-order valence-corrected chi connectivity index (χ0v) is 14.2. The SMILES string of the molecule is O=S(=O)(NCCCCCCBr)c1cc(Cl)ccc1Cl. The molecule has 0 spiro atoms. The average molecular weight is 389 g/mol. The van der Waals surface area contributed by atoms with Crippen LogP contribution < -0.4 is 4.72 Å². The number of unbranched alkanes of at least 4 members (excludes halogenated alkanes) is 3. The van der Waals surface area contributed by atoms with Crippen LogP contribution in [-0.4, -0.2) is 20.3 Å². The van der Waals surface area contributed by atoms with E-state index < -0.39 is 10.0 Å². The lowest BCUT2D eigenvalue weighted by molar-refractivity contribution is 0.574. The van der Waals surface area contributed by atoms with Crippen LogP contribution in [0.25, 0.3) is 0 Å². The molecular formula is C12H16BrCl2NO2S. The molecule has 0 aliphatic heterocycles. The predicted molar refractivity (Wildman–Crippen MR) is 83.9 cm³/mol. The minimum Gasteiger partial charge on any atom is -0.211 e. The maximum absolute atomic E-state index is 12.0. The van der Waals surface area contributed by atoms with Crippen LogP contribution in [0.4, 0.5) is 0 Å². The van der Waals surface area contributed by atoms with Gasteiger partial charge in [0.2, 0.25) is 10.0 Å². The number of hydrogen-bond acceptors (Lipinski definition) is 2. The van der Waals surface area contributed by atoms with Gasteiger partial charge in [-0.3, -0.25) is 0 Å². The number of benzene rings is 1. The molecule has 1 aromatic rings. The molecule has 1 N–H and O–H groups in total. The first-order valence-electron chi connectivity index (χ1n) is 5.98. The van der Waals surface area contributed by atoms with Crippen molar-refractivity contribution in [2.24, 2.45) is 0 Å². The van der Waals surface area contributed by atoms with Crippen molar-refractivity contribution in [2.75, 3.05) is 11.9 Å². The van der Waals surface area contributed by atoms with Gasteiger partial charge in [0.05, 0.1) is 5.02 Å². The average Bonchev–Trinajstić information content (AvgIpc) is 2.36. The Morgan fingerprint density at radius 2 is 1.79 bits per heavy atom. The van der Waals surface area contributed by atoms with Gasteiger partial charge >= 0.3 is 0 Å². The Morgan fingerprint density at radius 1 is 1.11 bits per heavy atom. The Kier molecular flexibility index (Phi) is 7.69. The van der Waals surface area contributed by atoms with E-state index in [9.17, 15) is 8.42 Å². The van der Waals surface area contributed by atoms with Gasteiger partial charge in [-0.15, -0.1) is 0 Å². The number of nitrogens with one attached hydrogen (secondary N) is 1. The molecule has 0 bridgehead atoms. The van der Waals surface area contributed by atoms with Crippen LogP contribution in [0.15, 0.2) is 23.1 Å². The van der Waals surface area contributed by atoms with Crippen molar-refractivity contribution in [3.8, 4) is 0 Å². The highest BCUT2D eigenvalue weighted by atomic mass is 79.9. The molecule has 0 saturated carbocycles. The van der Waals surface area contributed by atoms with Gasteiger partial charge in [-0.25, -0.2) is 13.1 Å². The van der Waals surface area contributed by atoms with Crippen LogP contribution in [0.3, 0.4) is 0 Å². The third-order valence-corrected chi connectivity index (χ3v) is 5.27. The first-order valence-corrected chi connectivity index (χ1v) is 9.34. The van der Waals surface area contributed by atoms with Gasteiger partial charge in [0, 0.05) is 16.9 Å². The number of hydrogen-bond donors (Lipinski definition) is 1. The van der Waals surface area contributed by atoms with Gasteiger partial charge in [0.25, 0.3) is 0 Å². The normalized spacial score (nSPS) is 11.7. The molecule has 3 nitrogen and oxygen atoms in total. The molecule has 7 heteroatoms. The van der Waals surface area contributed by atoms with Crippen LogP contribution >= 0.6 is 39.1 Å². The molecule has 0 amide bonds. The van der Waals surface area contributed by atoms with Crippen LogP contribution in [-0.2, 0) is 10.0 Å². The largest absolute Gasteiger partial charge is 0.242 e. The molecule has 0 aliphatic rings. The van der Waals surface area contributed by atoms with Gasteiger partial charge in [-0.1, -0.05) is 52.0 Å². The summed E-state index contributed by atoms with van der Waals surface area (Å²) in [6.45, 7) is 0.410.